The van der Waals surface area contributed by atoms with E-state index in [9.17, 15) is 25.0 Å². The Labute approximate surface area is 156 Å². The Morgan fingerprint density at radius 3 is 2.48 bits per heavy atom. The van der Waals surface area contributed by atoms with Gasteiger partial charge in [0.25, 0.3) is 17.3 Å². The van der Waals surface area contributed by atoms with Crippen molar-refractivity contribution in [3.63, 3.8) is 0 Å². The molecule has 0 radical (unpaired) electrons. The standard InChI is InChI=1S/C17H14N4O5S/c1-2-8-19-14-7-6-13(21(25)26)10-15(14)27-17(19)18-16(22)11-4-3-5-12(9-11)20(23)24/h3-7,9-10H,2,8H2,1H3. The van der Waals surface area contributed by atoms with E-state index in [1.807, 2.05) is 11.5 Å². The van der Waals surface area contributed by atoms with E-state index in [0.717, 1.165) is 11.9 Å². The minimum atomic E-state index is -0.607. The van der Waals surface area contributed by atoms with Gasteiger partial charge in [-0.2, -0.15) is 4.99 Å². The lowest BCUT2D eigenvalue weighted by Crippen LogP contribution is -2.16. The molecule has 138 valence electrons. The van der Waals surface area contributed by atoms with E-state index in [4.69, 9.17) is 0 Å². The number of rotatable bonds is 5. The Kier molecular flexibility index (Phi) is 5.08. The van der Waals surface area contributed by atoms with Crippen molar-refractivity contribution >= 4 is 38.8 Å². The highest BCUT2D eigenvalue weighted by atomic mass is 32.1. The lowest BCUT2D eigenvalue weighted by Gasteiger charge is -2.02. The minimum absolute atomic E-state index is 0.0380. The third-order valence-electron chi connectivity index (χ3n) is 3.83. The average molecular weight is 386 g/mol. The summed E-state index contributed by atoms with van der Waals surface area (Å²) in [5.74, 6) is -0.607. The molecule has 0 unspecified atom stereocenters. The summed E-state index contributed by atoms with van der Waals surface area (Å²) in [6, 6.07) is 9.85. The molecule has 3 aromatic rings. The number of hydrogen-bond acceptors (Lipinski definition) is 6. The highest BCUT2D eigenvalue weighted by Gasteiger charge is 2.14. The van der Waals surface area contributed by atoms with Crippen LogP contribution in [-0.2, 0) is 6.54 Å². The van der Waals surface area contributed by atoms with Crippen molar-refractivity contribution in [2.45, 2.75) is 19.9 Å². The summed E-state index contributed by atoms with van der Waals surface area (Å²) in [4.78, 5) is 37.8. The van der Waals surface area contributed by atoms with Crippen molar-refractivity contribution in [3.8, 4) is 0 Å². The van der Waals surface area contributed by atoms with Crippen LogP contribution in [0.2, 0.25) is 0 Å². The molecule has 0 bridgehead atoms. The molecule has 1 heterocycles. The predicted molar refractivity (Wildman–Crippen MR) is 99.8 cm³/mol. The molecule has 27 heavy (non-hydrogen) atoms. The maximum atomic E-state index is 12.5. The molecule has 0 saturated heterocycles. The van der Waals surface area contributed by atoms with Gasteiger partial charge in [0.1, 0.15) is 0 Å². The Hall–Kier alpha value is -3.40. The Balaban J connectivity index is 2.12. The Morgan fingerprint density at radius 1 is 1.11 bits per heavy atom. The summed E-state index contributed by atoms with van der Waals surface area (Å²) < 4.78 is 2.46. The van der Waals surface area contributed by atoms with Gasteiger partial charge in [0.2, 0.25) is 0 Å². The van der Waals surface area contributed by atoms with Crippen LogP contribution < -0.4 is 4.80 Å². The number of aromatic nitrogens is 1. The van der Waals surface area contributed by atoms with Crippen molar-refractivity contribution in [2.24, 2.45) is 4.99 Å². The zero-order valence-corrected chi connectivity index (χ0v) is 15.0. The van der Waals surface area contributed by atoms with Crippen molar-refractivity contribution < 1.29 is 14.6 Å². The van der Waals surface area contributed by atoms with Crippen LogP contribution in [0.1, 0.15) is 23.7 Å². The number of nitrogens with zero attached hydrogens (tertiary/aromatic N) is 4. The number of thiazole rings is 1. The van der Waals surface area contributed by atoms with E-state index in [2.05, 4.69) is 4.99 Å². The lowest BCUT2D eigenvalue weighted by molar-refractivity contribution is -0.385. The largest absolute Gasteiger partial charge is 0.316 e. The first kappa shape index (κ1) is 18.4. The number of aryl methyl sites for hydroxylation is 1. The van der Waals surface area contributed by atoms with Gasteiger partial charge in [-0.3, -0.25) is 25.0 Å². The number of fused-ring (bicyclic) bond motifs is 1. The third-order valence-corrected chi connectivity index (χ3v) is 4.87. The molecule has 2 aromatic carbocycles. The van der Waals surface area contributed by atoms with Crippen LogP contribution in [0.4, 0.5) is 11.4 Å². The highest BCUT2D eigenvalue weighted by molar-refractivity contribution is 7.16. The van der Waals surface area contributed by atoms with Gasteiger partial charge in [0, 0.05) is 36.4 Å². The molecular weight excluding hydrogens is 372 g/mol. The first-order valence-corrected chi connectivity index (χ1v) is 8.83. The Bertz CT molecular complexity index is 1130. The fraction of sp³-hybridized carbons (Fsp3) is 0.176. The molecule has 0 atom stereocenters. The number of non-ortho nitro benzene ring substituents is 2. The topological polar surface area (TPSA) is 121 Å². The van der Waals surface area contributed by atoms with Crippen LogP contribution in [0.5, 0.6) is 0 Å². The second-order valence-corrected chi connectivity index (χ2v) is 6.68. The van der Waals surface area contributed by atoms with Crippen LogP contribution in [0.15, 0.2) is 47.5 Å². The Morgan fingerprint density at radius 2 is 1.81 bits per heavy atom. The highest BCUT2D eigenvalue weighted by Crippen LogP contribution is 2.23. The average Bonchev–Trinajstić information content (AvgIpc) is 2.98. The van der Waals surface area contributed by atoms with Gasteiger partial charge in [-0.05, 0) is 18.6 Å². The summed E-state index contributed by atoms with van der Waals surface area (Å²) in [5, 5.41) is 21.9. The van der Waals surface area contributed by atoms with Gasteiger partial charge in [0.15, 0.2) is 4.80 Å². The van der Waals surface area contributed by atoms with Crippen molar-refractivity contribution in [1.82, 2.24) is 4.57 Å². The third kappa shape index (κ3) is 3.75. The molecule has 0 aliphatic heterocycles. The number of carbonyl (C=O) groups is 1. The molecule has 0 fully saturated rings. The SMILES string of the molecule is CCCn1c(=NC(=O)c2cccc([N+](=O)[O-])c2)sc2cc([N+](=O)[O-])ccc21. The first-order chi connectivity index (χ1) is 12.9. The second-order valence-electron chi connectivity index (χ2n) is 5.67. The molecular formula is C17H14N4O5S. The van der Waals surface area contributed by atoms with Crippen LogP contribution in [0.25, 0.3) is 10.2 Å². The second kappa shape index (κ2) is 7.46. The van der Waals surface area contributed by atoms with Gasteiger partial charge in [-0.1, -0.05) is 24.3 Å². The molecule has 10 heteroatoms. The van der Waals surface area contributed by atoms with Crippen LogP contribution in [-0.4, -0.2) is 20.3 Å². The van der Waals surface area contributed by atoms with Crippen LogP contribution in [0.3, 0.4) is 0 Å². The smallest absolute Gasteiger partial charge is 0.279 e. The molecule has 0 N–H and O–H groups in total. The quantitative estimate of drug-likeness (QED) is 0.489. The zero-order chi connectivity index (χ0) is 19.6. The predicted octanol–water partition coefficient (Wildman–Crippen LogP) is 3.67. The summed E-state index contributed by atoms with van der Waals surface area (Å²) in [5.41, 5.74) is 0.627. The molecule has 9 nitrogen and oxygen atoms in total. The number of benzene rings is 2. The van der Waals surface area contributed by atoms with Gasteiger partial charge in [-0.15, -0.1) is 0 Å². The minimum Gasteiger partial charge on any atom is -0.316 e. The van der Waals surface area contributed by atoms with Gasteiger partial charge in [0.05, 0.1) is 20.1 Å². The molecule has 1 amide bonds. The van der Waals surface area contributed by atoms with Crippen LogP contribution in [0, 0.1) is 20.2 Å². The summed E-state index contributed by atoms with van der Waals surface area (Å²) >= 11 is 1.17. The number of amides is 1. The zero-order valence-electron chi connectivity index (χ0n) is 14.2. The van der Waals surface area contributed by atoms with E-state index < -0.39 is 15.8 Å². The molecule has 3 rings (SSSR count). The van der Waals surface area contributed by atoms with E-state index >= 15 is 0 Å². The molecule has 0 spiro atoms. The summed E-state index contributed by atoms with van der Waals surface area (Å²) in [7, 11) is 0. The number of nitro groups is 2. The van der Waals surface area contributed by atoms with Crippen molar-refractivity contribution in [1.29, 1.82) is 0 Å². The maximum absolute atomic E-state index is 12.5. The van der Waals surface area contributed by atoms with Crippen molar-refractivity contribution in [2.75, 3.05) is 0 Å². The first-order valence-electron chi connectivity index (χ1n) is 8.02. The molecule has 0 aliphatic carbocycles. The molecule has 0 saturated carbocycles. The maximum Gasteiger partial charge on any atom is 0.279 e. The lowest BCUT2D eigenvalue weighted by atomic mass is 10.2. The fourth-order valence-corrected chi connectivity index (χ4v) is 3.69. The van der Waals surface area contributed by atoms with Crippen LogP contribution >= 0.6 is 11.3 Å². The summed E-state index contributed by atoms with van der Waals surface area (Å²) in [6.07, 6.45) is 0.779. The normalized spacial score (nSPS) is 11.7. The van der Waals surface area contributed by atoms with E-state index in [1.54, 1.807) is 6.07 Å². The molecule has 1 aromatic heterocycles. The van der Waals surface area contributed by atoms with Gasteiger partial charge >= 0.3 is 0 Å². The fourth-order valence-electron chi connectivity index (χ4n) is 2.60. The number of nitro benzene ring substituents is 2. The van der Waals surface area contributed by atoms with E-state index in [1.165, 1.54) is 47.7 Å². The summed E-state index contributed by atoms with van der Waals surface area (Å²) in [6.45, 7) is 2.55. The van der Waals surface area contributed by atoms with E-state index in [-0.39, 0.29) is 16.9 Å². The number of hydrogen-bond donors (Lipinski definition) is 0. The van der Waals surface area contributed by atoms with Gasteiger partial charge in [-0.25, -0.2) is 0 Å². The van der Waals surface area contributed by atoms with Gasteiger partial charge < -0.3 is 4.57 Å². The molecule has 0 aliphatic rings. The number of carbonyl (C=O) groups excluding carboxylic acids is 1. The van der Waals surface area contributed by atoms with Crippen molar-refractivity contribution in [3.05, 3.63) is 73.1 Å². The monoisotopic (exact) mass is 386 g/mol. The van der Waals surface area contributed by atoms with E-state index in [0.29, 0.717) is 16.0 Å².